The molecule has 0 bridgehead atoms. The lowest BCUT2D eigenvalue weighted by molar-refractivity contribution is -0.134. The Morgan fingerprint density at radius 3 is 2.18 bits per heavy atom. The van der Waals surface area contributed by atoms with E-state index >= 15 is 0 Å². The molecule has 0 radical (unpaired) electrons. The average Bonchev–Trinajstić information content (AvgIpc) is 2.98. The van der Waals surface area contributed by atoms with Gasteiger partial charge in [-0.1, -0.05) is 18.2 Å². The van der Waals surface area contributed by atoms with Crippen LogP contribution in [0.5, 0.6) is 17.2 Å². The summed E-state index contributed by atoms with van der Waals surface area (Å²) in [4.78, 5) is 38.1. The maximum absolute atomic E-state index is 14.3. The van der Waals surface area contributed by atoms with Crippen molar-refractivity contribution in [1.82, 2.24) is 14.8 Å². The molecule has 5 rings (SSSR count). The maximum Gasteiger partial charge on any atom is 0.254 e. The monoisotopic (exact) mass is 516 g/mol. The highest BCUT2D eigenvalue weighted by molar-refractivity contribution is 6.02. The van der Waals surface area contributed by atoms with E-state index in [9.17, 15) is 9.59 Å². The minimum absolute atomic E-state index is 0.0284. The summed E-state index contributed by atoms with van der Waals surface area (Å²) >= 11 is 0. The number of carbonyl (C=O) groups is 2. The summed E-state index contributed by atoms with van der Waals surface area (Å²) in [5.41, 5.74) is 1.94. The maximum atomic E-state index is 14.3. The number of aromatic nitrogens is 1. The molecule has 2 unspecified atom stereocenters. The number of ether oxygens (including phenoxy) is 3. The normalized spacial score (nSPS) is 19.2. The van der Waals surface area contributed by atoms with Gasteiger partial charge in [0.1, 0.15) is 11.6 Å². The summed E-state index contributed by atoms with van der Waals surface area (Å²) in [6.45, 7) is 2.47. The van der Waals surface area contributed by atoms with E-state index in [0.29, 0.717) is 54.6 Å². The number of anilines is 1. The molecule has 9 heteroatoms. The van der Waals surface area contributed by atoms with Gasteiger partial charge in [-0.2, -0.15) is 0 Å². The van der Waals surface area contributed by atoms with Gasteiger partial charge in [-0.25, -0.2) is 4.98 Å². The van der Waals surface area contributed by atoms with Gasteiger partial charge in [0, 0.05) is 45.0 Å². The van der Waals surface area contributed by atoms with Crippen molar-refractivity contribution in [2.24, 2.45) is 0 Å². The molecular formula is C29H32N4O5. The van der Waals surface area contributed by atoms with Crippen molar-refractivity contribution < 1.29 is 23.8 Å². The van der Waals surface area contributed by atoms with E-state index in [0.717, 1.165) is 11.4 Å². The number of methoxy groups -OCH3 is 3. The molecule has 2 amide bonds. The van der Waals surface area contributed by atoms with Crippen LogP contribution in [0, 0.1) is 0 Å². The largest absolute Gasteiger partial charge is 0.497 e. The van der Waals surface area contributed by atoms with Gasteiger partial charge >= 0.3 is 0 Å². The standard InChI is InChI=1S/C29H32N4O5/c1-31-27(19-8-10-20(36-2)11-9-19)26(21-17-23(37-3)24(38-4)18-22(21)28(31)34)29(35)33-15-13-32(14-16-33)25-7-5-6-12-30-25/h5-12,17-18,26-27H,13-16H2,1-4H3. The molecular weight excluding hydrogens is 484 g/mol. The Kier molecular flexibility index (Phi) is 7.09. The molecule has 1 fully saturated rings. The number of likely N-dealkylation sites (N-methyl/N-ethyl adjacent to an activating group) is 1. The van der Waals surface area contributed by atoms with Crippen molar-refractivity contribution in [2.45, 2.75) is 12.0 Å². The Balaban J connectivity index is 1.54. The van der Waals surface area contributed by atoms with Gasteiger partial charge in [0.15, 0.2) is 11.5 Å². The number of hydrogen-bond donors (Lipinski definition) is 0. The lowest BCUT2D eigenvalue weighted by Crippen LogP contribution is -2.53. The van der Waals surface area contributed by atoms with E-state index in [1.165, 1.54) is 7.11 Å². The molecule has 3 heterocycles. The van der Waals surface area contributed by atoms with E-state index in [-0.39, 0.29) is 11.8 Å². The Bertz CT molecular complexity index is 1310. The number of pyridine rings is 1. The zero-order valence-corrected chi connectivity index (χ0v) is 22.1. The van der Waals surface area contributed by atoms with Crippen molar-refractivity contribution in [2.75, 3.05) is 59.5 Å². The molecule has 0 aliphatic carbocycles. The highest BCUT2D eigenvalue weighted by Crippen LogP contribution is 2.46. The molecule has 3 aromatic rings. The van der Waals surface area contributed by atoms with Crippen molar-refractivity contribution in [3.63, 3.8) is 0 Å². The van der Waals surface area contributed by atoms with Crippen LogP contribution in [-0.2, 0) is 4.79 Å². The molecule has 2 aliphatic rings. The van der Waals surface area contributed by atoms with Gasteiger partial charge in [-0.3, -0.25) is 9.59 Å². The van der Waals surface area contributed by atoms with Crippen LogP contribution < -0.4 is 19.1 Å². The minimum Gasteiger partial charge on any atom is -0.497 e. The van der Waals surface area contributed by atoms with E-state index < -0.39 is 12.0 Å². The summed E-state index contributed by atoms with van der Waals surface area (Å²) in [5.74, 6) is 1.72. The van der Waals surface area contributed by atoms with Crippen LogP contribution in [0.4, 0.5) is 5.82 Å². The summed E-state index contributed by atoms with van der Waals surface area (Å²) in [6.07, 6.45) is 1.78. The molecule has 9 nitrogen and oxygen atoms in total. The number of amides is 2. The third-order valence-electron chi connectivity index (χ3n) is 7.46. The van der Waals surface area contributed by atoms with Gasteiger partial charge in [0.05, 0.1) is 33.3 Å². The van der Waals surface area contributed by atoms with E-state index in [1.54, 1.807) is 44.5 Å². The van der Waals surface area contributed by atoms with Crippen LogP contribution in [0.25, 0.3) is 0 Å². The zero-order chi connectivity index (χ0) is 26.8. The molecule has 0 N–H and O–H groups in total. The van der Waals surface area contributed by atoms with Gasteiger partial charge in [0.2, 0.25) is 5.91 Å². The van der Waals surface area contributed by atoms with Crippen LogP contribution in [0.3, 0.4) is 0 Å². The molecule has 1 aromatic heterocycles. The zero-order valence-electron chi connectivity index (χ0n) is 22.1. The molecule has 198 valence electrons. The molecule has 2 aromatic carbocycles. The van der Waals surface area contributed by atoms with Crippen LogP contribution in [0.2, 0.25) is 0 Å². The fourth-order valence-corrected chi connectivity index (χ4v) is 5.43. The van der Waals surface area contributed by atoms with E-state index in [2.05, 4.69) is 9.88 Å². The summed E-state index contributed by atoms with van der Waals surface area (Å²) in [6, 6.07) is 16.3. The van der Waals surface area contributed by atoms with E-state index in [4.69, 9.17) is 14.2 Å². The second-order valence-electron chi connectivity index (χ2n) is 9.41. The first-order valence-electron chi connectivity index (χ1n) is 12.6. The lowest BCUT2D eigenvalue weighted by Gasteiger charge is -2.43. The summed E-state index contributed by atoms with van der Waals surface area (Å²) in [5, 5.41) is 0. The molecule has 38 heavy (non-hydrogen) atoms. The minimum atomic E-state index is -0.623. The number of nitrogens with zero attached hydrogens (tertiary/aromatic N) is 4. The smallest absolute Gasteiger partial charge is 0.254 e. The first-order chi connectivity index (χ1) is 18.5. The number of benzene rings is 2. The molecule has 2 atom stereocenters. The molecule has 0 spiro atoms. The van der Waals surface area contributed by atoms with Crippen LogP contribution in [0.15, 0.2) is 60.8 Å². The quantitative estimate of drug-likeness (QED) is 0.497. The lowest BCUT2D eigenvalue weighted by atomic mass is 9.78. The highest BCUT2D eigenvalue weighted by Gasteiger charge is 2.45. The van der Waals surface area contributed by atoms with Crippen molar-refractivity contribution in [1.29, 1.82) is 0 Å². The number of carbonyl (C=O) groups excluding carboxylic acids is 2. The topological polar surface area (TPSA) is 84.4 Å². The number of rotatable bonds is 6. The summed E-state index contributed by atoms with van der Waals surface area (Å²) in [7, 11) is 6.44. The number of fused-ring (bicyclic) bond motifs is 1. The van der Waals surface area contributed by atoms with Gasteiger partial charge < -0.3 is 28.9 Å². The Labute approximate surface area is 222 Å². The predicted molar refractivity (Wildman–Crippen MR) is 143 cm³/mol. The highest BCUT2D eigenvalue weighted by atomic mass is 16.5. The fourth-order valence-electron chi connectivity index (χ4n) is 5.43. The molecule has 1 saturated heterocycles. The first-order valence-corrected chi connectivity index (χ1v) is 12.6. The van der Waals surface area contributed by atoms with Crippen LogP contribution in [-0.4, -0.2) is 81.2 Å². The number of hydrogen-bond acceptors (Lipinski definition) is 7. The third-order valence-corrected chi connectivity index (χ3v) is 7.46. The Hall–Kier alpha value is -4.27. The number of piperazine rings is 1. The first kappa shape index (κ1) is 25.4. The third kappa shape index (κ3) is 4.49. The average molecular weight is 517 g/mol. The van der Waals surface area contributed by atoms with E-state index in [1.807, 2.05) is 47.4 Å². The van der Waals surface area contributed by atoms with Gasteiger partial charge in [-0.05, 0) is 47.5 Å². The Morgan fingerprint density at radius 2 is 1.58 bits per heavy atom. The Morgan fingerprint density at radius 1 is 0.895 bits per heavy atom. The van der Waals surface area contributed by atoms with Gasteiger partial charge in [0.25, 0.3) is 5.91 Å². The van der Waals surface area contributed by atoms with Crippen molar-refractivity contribution >= 4 is 17.6 Å². The second-order valence-corrected chi connectivity index (χ2v) is 9.41. The van der Waals surface area contributed by atoms with Crippen LogP contribution in [0.1, 0.15) is 33.4 Å². The SMILES string of the molecule is COc1ccc(C2C(C(=O)N3CCN(c4ccccn4)CC3)c3cc(OC)c(OC)cc3C(=O)N2C)cc1. The molecule has 2 aliphatic heterocycles. The predicted octanol–water partition coefficient (Wildman–Crippen LogP) is 3.37. The summed E-state index contributed by atoms with van der Waals surface area (Å²) < 4.78 is 16.4. The fraction of sp³-hybridized carbons (Fsp3) is 0.345. The van der Waals surface area contributed by atoms with Crippen molar-refractivity contribution in [3.8, 4) is 17.2 Å². The van der Waals surface area contributed by atoms with Crippen molar-refractivity contribution in [3.05, 3.63) is 77.5 Å². The van der Waals surface area contributed by atoms with Crippen LogP contribution >= 0.6 is 0 Å². The molecule has 0 saturated carbocycles. The second kappa shape index (κ2) is 10.6. The van der Waals surface area contributed by atoms with Gasteiger partial charge in [-0.15, -0.1) is 0 Å².